The van der Waals surface area contributed by atoms with Crippen molar-refractivity contribution in [2.75, 3.05) is 7.05 Å². The fraction of sp³-hybridized carbons (Fsp3) is 0.143. The molecule has 4 heteroatoms. The molecule has 0 radical (unpaired) electrons. The van der Waals surface area contributed by atoms with Crippen molar-refractivity contribution in [1.29, 1.82) is 0 Å². The van der Waals surface area contributed by atoms with Gasteiger partial charge >= 0.3 is 0 Å². The van der Waals surface area contributed by atoms with Gasteiger partial charge in [0.15, 0.2) is 0 Å². The van der Waals surface area contributed by atoms with Gasteiger partial charge in [-0.25, -0.2) is 8.78 Å². The summed E-state index contributed by atoms with van der Waals surface area (Å²) >= 11 is 3.08. The summed E-state index contributed by atoms with van der Waals surface area (Å²) in [5.41, 5.74) is 0.842. The standard InChI is InChI=1S/C14H12BrF2N/c1-18-14(9-5-3-2-4-6-9)12-11(16)8-7-10(15)13(12)17/h2-8,14,18H,1H3. The second-order valence-electron chi connectivity index (χ2n) is 3.89. The fourth-order valence-electron chi connectivity index (χ4n) is 1.93. The van der Waals surface area contributed by atoms with E-state index in [2.05, 4.69) is 21.2 Å². The Bertz CT molecular complexity index is 543. The zero-order chi connectivity index (χ0) is 13.1. The van der Waals surface area contributed by atoms with E-state index >= 15 is 0 Å². The molecule has 1 unspecified atom stereocenters. The van der Waals surface area contributed by atoms with Gasteiger partial charge in [-0.3, -0.25) is 0 Å². The number of hydrogen-bond donors (Lipinski definition) is 1. The number of halogens is 3. The van der Waals surface area contributed by atoms with Gasteiger partial charge in [0.05, 0.1) is 10.5 Å². The lowest BCUT2D eigenvalue weighted by molar-refractivity contribution is 0.518. The van der Waals surface area contributed by atoms with E-state index in [1.807, 2.05) is 30.3 Å². The Morgan fingerprint density at radius 3 is 2.33 bits per heavy atom. The van der Waals surface area contributed by atoms with Crippen LogP contribution < -0.4 is 5.32 Å². The van der Waals surface area contributed by atoms with E-state index in [-0.39, 0.29) is 10.0 Å². The summed E-state index contributed by atoms with van der Waals surface area (Å²) in [6, 6.07) is 11.3. The van der Waals surface area contributed by atoms with Crippen molar-refractivity contribution in [2.45, 2.75) is 6.04 Å². The minimum atomic E-state index is -0.571. The highest BCUT2D eigenvalue weighted by Gasteiger charge is 2.21. The normalized spacial score (nSPS) is 12.4. The van der Waals surface area contributed by atoms with Crippen LogP contribution in [0.3, 0.4) is 0 Å². The molecule has 1 nitrogen and oxygen atoms in total. The second-order valence-corrected chi connectivity index (χ2v) is 4.74. The molecule has 18 heavy (non-hydrogen) atoms. The summed E-state index contributed by atoms with van der Waals surface area (Å²) in [7, 11) is 1.68. The van der Waals surface area contributed by atoms with E-state index < -0.39 is 17.7 Å². The molecule has 2 aromatic carbocycles. The average molecular weight is 312 g/mol. The molecule has 1 atom stereocenters. The van der Waals surface area contributed by atoms with Gasteiger partial charge in [-0.1, -0.05) is 30.3 Å². The summed E-state index contributed by atoms with van der Waals surface area (Å²) in [5, 5.41) is 2.94. The van der Waals surface area contributed by atoms with Crippen molar-refractivity contribution in [2.24, 2.45) is 0 Å². The molecule has 0 aliphatic rings. The third-order valence-electron chi connectivity index (χ3n) is 2.79. The molecule has 0 aliphatic heterocycles. The van der Waals surface area contributed by atoms with E-state index in [0.717, 1.165) is 5.56 Å². The van der Waals surface area contributed by atoms with Gasteiger partial charge in [-0.2, -0.15) is 0 Å². The number of hydrogen-bond acceptors (Lipinski definition) is 1. The molecule has 0 aromatic heterocycles. The summed E-state index contributed by atoms with van der Waals surface area (Å²) in [4.78, 5) is 0. The molecule has 2 rings (SSSR count). The molecule has 0 fully saturated rings. The summed E-state index contributed by atoms with van der Waals surface area (Å²) < 4.78 is 28.2. The highest BCUT2D eigenvalue weighted by molar-refractivity contribution is 9.10. The zero-order valence-corrected chi connectivity index (χ0v) is 11.3. The minimum Gasteiger partial charge on any atom is -0.309 e. The summed E-state index contributed by atoms with van der Waals surface area (Å²) in [5.74, 6) is -1.13. The lowest BCUT2D eigenvalue weighted by Crippen LogP contribution is -2.20. The SMILES string of the molecule is CNC(c1ccccc1)c1c(F)ccc(Br)c1F. The van der Waals surface area contributed by atoms with Crippen LogP contribution in [0, 0.1) is 11.6 Å². The second kappa shape index (κ2) is 5.59. The predicted molar refractivity (Wildman–Crippen MR) is 71.4 cm³/mol. The summed E-state index contributed by atoms with van der Waals surface area (Å²) in [6.07, 6.45) is 0. The predicted octanol–water partition coefficient (Wildman–Crippen LogP) is 4.04. The zero-order valence-electron chi connectivity index (χ0n) is 9.75. The Morgan fingerprint density at radius 2 is 1.72 bits per heavy atom. The first-order valence-corrected chi connectivity index (χ1v) is 6.30. The Balaban J connectivity index is 2.56. The maximum Gasteiger partial charge on any atom is 0.145 e. The topological polar surface area (TPSA) is 12.0 Å². The van der Waals surface area contributed by atoms with E-state index in [1.165, 1.54) is 12.1 Å². The van der Waals surface area contributed by atoms with Gasteiger partial charge in [0.25, 0.3) is 0 Å². The molecule has 94 valence electrons. The molecular formula is C14H12BrF2N. The van der Waals surface area contributed by atoms with Crippen LogP contribution in [0.25, 0.3) is 0 Å². The van der Waals surface area contributed by atoms with Crippen LogP contribution in [0.15, 0.2) is 46.9 Å². The van der Waals surface area contributed by atoms with Crippen LogP contribution in [0.5, 0.6) is 0 Å². The van der Waals surface area contributed by atoms with Crippen molar-refractivity contribution in [3.63, 3.8) is 0 Å². The molecule has 1 N–H and O–H groups in total. The van der Waals surface area contributed by atoms with Gasteiger partial charge in [0, 0.05) is 5.56 Å². The molecule has 0 saturated heterocycles. The van der Waals surface area contributed by atoms with Crippen molar-refractivity contribution >= 4 is 15.9 Å². The molecular weight excluding hydrogens is 300 g/mol. The quantitative estimate of drug-likeness (QED) is 0.844. The van der Waals surface area contributed by atoms with Gasteiger partial charge in [-0.05, 0) is 40.7 Å². The molecule has 0 spiro atoms. The van der Waals surface area contributed by atoms with Crippen molar-refractivity contribution < 1.29 is 8.78 Å². The van der Waals surface area contributed by atoms with Crippen LogP contribution in [-0.2, 0) is 0 Å². The highest BCUT2D eigenvalue weighted by Crippen LogP contribution is 2.30. The number of benzene rings is 2. The molecule has 0 saturated carbocycles. The fourth-order valence-corrected chi connectivity index (χ4v) is 2.28. The maximum atomic E-state index is 14.1. The first kappa shape index (κ1) is 13.2. The van der Waals surface area contributed by atoms with E-state index in [1.54, 1.807) is 7.05 Å². The molecule has 0 aliphatic carbocycles. The molecule has 2 aromatic rings. The minimum absolute atomic E-state index is 0.0260. The third kappa shape index (κ3) is 2.44. The maximum absolute atomic E-state index is 14.1. The Hall–Kier alpha value is -1.26. The molecule has 0 heterocycles. The van der Waals surface area contributed by atoms with Crippen LogP contribution in [-0.4, -0.2) is 7.05 Å². The van der Waals surface area contributed by atoms with Crippen LogP contribution in [0.4, 0.5) is 8.78 Å². The van der Waals surface area contributed by atoms with E-state index in [9.17, 15) is 8.78 Å². The van der Waals surface area contributed by atoms with Gasteiger partial charge in [-0.15, -0.1) is 0 Å². The molecule has 0 bridgehead atoms. The lowest BCUT2D eigenvalue weighted by atomic mass is 9.98. The average Bonchev–Trinajstić information content (AvgIpc) is 2.40. The first-order valence-electron chi connectivity index (χ1n) is 5.50. The largest absolute Gasteiger partial charge is 0.309 e. The van der Waals surface area contributed by atoms with E-state index in [4.69, 9.17) is 0 Å². The Kier molecular flexibility index (Phi) is 4.09. The third-order valence-corrected chi connectivity index (χ3v) is 3.40. The first-order chi connectivity index (χ1) is 8.65. The van der Waals surface area contributed by atoms with Gasteiger partial charge in [0.1, 0.15) is 11.6 Å². The van der Waals surface area contributed by atoms with Gasteiger partial charge in [0.2, 0.25) is 0 Å². The summed E-state index contributed by atoms with van der Waals surface area (Å²) in [6.45, 7) is 0. The van der Waals surface area contributed by atoms with Crippen LogP contribution in [0.1, 0.15) is 17.2 Å². The van der Waals surface area contributed by atoms with Crippen molar-refractivity contribution in [3.8, 4) is 0 Å². The van der Waals surface area contributed by atoms with Crippen molar-refractivity contribution in [3.05, 3.63) is 69.7 Å². The number of rotatable bonds is 3. The Labute approximate surface area is 113 Å². The van der Waals surface area contributed by atoms with Crippen LogP contribution in [0.2, 0.25) is 0 Å². The lowest BCUT2D eigenvalue weighted by Gasteiger charge is -2.19. The van der Waals surface area contributed by atoms with Gasteiger partial charge < -0.3 is 5.32 Å². The monoisotopic (exact) mass is 311 g/mol. The van der Waals surface area contributed by atoms with Crippen LogP contribution >= 0.6 is 15.9 Å². The van der Waals surface area contributed by atoms with Crippen molar-refractivity contribution in [1.82, 2.24) is 5.32 Å². The highest BCUT2D eigenvalue weighted by atomic mass is 79.9. The number of nitrogens with one attached hydrogen (secondary N) is 1. The molecule has 0 amide bonds. The van der Waals surface area contributed by atoms with E-state index in [0.29, 0.717) is 0 Å². The smallest absolute Gasteiger partial charge is 0.145 e. The Morgan fingerprint density at radius 1 is 1.06 bits per heavy atom.